The quantitative estimate of drug-likeness (QED) is 0.741. The van der Waals surface area contributed by atoms with Crippen LogP contribution in [0.4, 0.5) is 11.4 Å². The highest BCUT2D eigenvalue weighted by Gasteiger charge is 2.09. The summed E-state index contributed by atoms with van der Waals surface area (Å²) >= 11 is 0. The standard InChI is InChI=1S/C19H22N2/c1-16-6-5-7-18(14-16)20-15-17-8-10-19(11-9-17)21-12-3-2-4-13-21/h5-11,14-15H,2-4,12-13H2,1H3. The topological polar surface area (TPSA) is 15.6 Å². The van der Waals surface area contributed by atoms with Gasteiger partial charge in [0.25, 0.3) is 0 Å². The summed E-state index contributed by atoms with van der Waals surface area (Å²) in [6.07, 6.45) is 5.94. The van der Waals surface area contributed by atoms with E-state index in [4.69, 9.17) is 0 Å². The summed E-state index contributed by atoms with van der Waals surface area (Å²) in [5.74, 6) is 0. The Labute approximate surface area is 127 Å². The monoisotopic (exact) mass is 278 g/mol. The van der Waals surface area contributed by atoms with Gasteiger partial charge in [0.15, 0.2) is 0 Å². The summed E-state index contributed by atoms with van der Waals surface area (Å²) < 4.78 is 0. The average Bonchev–Trinajstić information content (AvgIpc) is 2.54. The van der Waals surface area contributed by atoms with Gasteiger partial charge in [0, 0.05) is 25.0 Å². The number of benzene rings is 2. The lowest BCUT2D eigenvalue weighted by atomic mass is 10.1. The molecule has 0 spiro atoms. The molecular formula is C19H22N2. The van der Waals surface area contributed by atoms with E-state index >= 15 is 0 Å². The average molecular weight is 278 g/mol. The van der Waals surface area contributed by atoms with Crippen molar-refractivity contribution in [2.24, 2.45) is 4.99 Å². The zero-order chi connectivity index (χ0) is 14.5. The van der Waals surface area contributed by atoms with E-state index < -0.39 is 0 Å². The van der Waals surface area contributed by atoms with Gasteiger partial charge in [-0.15, -0.1) is 0 Å². The Morgan fingerprint density at radius 2 is 1.71 bits per heavy atom. The SMILES string of the molecule is Cc1cccc(N=Cc2ccc(N3CCCCC3)cc2)c1. The van der Waals surface area contributed by atoms with Crippen molar-refractivity contribution in [1.29, 1.82) is 0 Å². The lowest BCUT2D eigenvalue weighted by molar-refractivity contribution is 0.578. The Morgan fingerprint density at radius 1 is 0.952 bits per heavy atom. The molecule has 1 saturated heterocycles. The van der Waals surface area contributed by atoms with Gasteiger partial charge < -0.3 is 4.90 Å². The third kappa shape index (κ3) is 3.72. The van der Waals surface area contributed by atoms with E-state index in [1.54, 1.807) is 0 Å². The van der Waals surface area contributed by atoms with Crippen LogP contribution in [0.5, 0.6) is 0 Å². The Balaban J connectivity index is 1.69. The molecule has 1 fully saturated rings. The van der Waals surface area contributed by atoms with Gasteiger partial charge >= 0.3 is 0 Å². The summed E-state index contributed by atoms with van der Waals surface area (Å²) in [6.45, 7) is 4.47. The molecule has 0 amide bonds. The van der Waals surface area contributed by atoms with E-state index in [1.807, 2.05) is 18.3 Å². The van der Waals surface area contributed by atoms with E-state index in [0.29, 0.717) is 0 Å². The van der Waals surface area contributed by atoms with Crippen LogP contribution in [0.25, 0.3) is 0 Å². The third-order valence-electron chi connectivity index (χ3n) is 3.98. The van der Waals surface area contributed by atoms with Crippen molar-refractivity contribution < 1.29 is 0 Å². The molecule has 0 atom stereocenters. The Kier molecular flexibility index (Phi) is 4.34. The molecule has 21 heavy (non-hydrogen) atoms. The summed E-state index contributed by atoms with van der Waals surface area (Å²) in [5, 5.41) is 0. The fourth-order valence-electron chi connectivity index (χ4n) is 2.78. The smallest absolute Gasteiger partial charge is 0.0632 e. The summed E-state index contributed by atoms with van der Waals surface area (Å²) in [7, 11) is 0. The van der Waals surface area contributed by atoms with Gasteiger partial charge in [-0.3, -0.25) is 4.99 Å². The fraction of sp³-hybridized carbons (Fsp3) is 0.316. The van der Waals surface area contributed by atoms with Crippen LogP contribution in [0.15, 0.2) is 53.5 Å². The van der Waals surface area contributed by atoms with Gasteiger partial charge in [0.2, 0.25) is 0 Å². The van der Waals surface area contributed by atoms with Crippen LogP contribution in [0.1, 0.15) is 30.4 Å². The van der Waals surface area contributed by atoms with Crippen LogP contribution in [0.2, 0.25) is 0 Å². The van der Waals surface area contributed by atoms with E-state index in [0.717, 1.165) is 11.3 Å². The third-order valence-corrected chi connectivity index (χ3v) is 3.98. The second kappa shape index (κ2) is 6.57. The first-order valence-electron chi connectivity index (χ1n) is 7.77. The summed E-state index contributed by atoms with van der Waals surface area (Å²) in [5.41, 5.74) is 4.74. The molecule has 0 saturated carbocycles. The van der Waals surface area contributed by atoms with Crippen LogP contribution in [0, 0.1) is 6.92 Å². The van der Waals surface area contributed by atoms with Crippen molar-refractivity contribution >= 4 is 17.6 Å². The van der Waals surface area contributed by atoms with Gasteiger partial charge in [-0.1, -0.05) is 24.3 Å². The van der Waals surface area contributed by atoms with Gasteiger partial charge in [-0.25, -0.2) is 0 Å². The molecule has 1 heterocycles. The number of hydrogen-bond donors (Lipinski definition) is 0. The fourth-order valence-corrected chi connectivity index (χ4v) is 2.78. The molecule has 0 N–H and O–H groups in total. The minimum absolute atomic E-state index is 1.01. The van der Waals surface area contributed by atoms with E-state index in [9.17, 15) is 0 Å². The van der Waals surface area contributed by atoms with Gasteiger partial charge in [-0.2, -0.15) is 0 Å². The molecule has 3 rings (SSSR count). The maximum absolute atomic E-state index is 4.54. The molecule has 2 aromatic carbocycles. The first kappa shape index (κ1) is 13.9. The highest BCUT2D eigenvalue weighted by Crippen LogP contribution is 2.20. The second-order valence-electron chi connectivity index (χ2n) is 5.74. The molecule has 1 aliphatic rings. The van der Waals surface area contributed by atoms with Gasteiger partial charge in [0.1, 0.15) is 0 Å². The van der Waals surface area contributed by atoms with E-state index in [1.165, 1.54) is 43.6 Å². The van der Waals surface area contributed by atoms with Gasteiger partial charge in [-0.05, 0) is 61.6 Å². The zero-order valence-electron chi connectivity index (χ0n) is 12.6. The molecule has 0 unspecified atom stereocenters. The number of aryl methyl sites for hydroxylation is 1. The maximum Gasteiger partial charge on any atom is 0.0632 e. The molecule has 0 aliphatic carbocycles. The number of aliphatic imine (C=N–C) groups is 1. The normalized spacial score (nSPS) is 15.6. The lowest BCUT2D eigenvalue weighted by Gasteiger charge is -2.28. The summed E-state index contributed by atoms with van der Waals surface area (Å²) in [4.78, 5) is 7.02. The Hall–Kier alpha value is -2.09. The predicted octanol–water partition coefficient (Wildman–Crippen LogP) is 4.74. The van der Waals surface area contributed by atoms with Crippen molar-refractivity contribution in [1.82, 2.24) is 0 Å². The molecule has 0 bridgehead atoms. The Morgan fingerprint density at radius 3 is 2.43 bits per heavy atom. The van der Waals surface area contributed by atoms with Gasteiger partial charge in [0.05, 0.1) is 5.69 Å². The minimum atomic E-state index is 1.01. The van der Waals surface area contributed by atoms with Crippen LogP contribution in [0.3, 0.4) is 0 Å². The van der Waals surface area contributed by atoms with Crippen molar-refractivity contribution in [2.45, 2.75) is 26.2 Å². The Bertz CT molecular complexity index is 608. The molecule has 0 aromatic heterocycles. The minimum Gasteiger partial charge on any atom is -0.372 e. The highest BCUT2D eigenvalue weighted by atomic mass is 15.1. The van der Waals surface area contributed by atoms with Crippen LogP contribution in [-0.4, -0.2) is 19.3 Å². The van der Waals surface area contributed by atoms with Crippen LogP contribution >= 0.6 is 0 Å². The molecular weight excluding hydrogens is 256 g/mol. The second-order valence-corrected chi connectivity index (χ2v) is 5.74. The summed E-state index contributed by atoms with van der Waals surface area (Å²) in [6, 6.07) is 17.0. The van der Waals surface area contributed by atoms with Crippen molar-refractivity contribution in [3.05, 3.63) is 59.7 Å². The van der Waals surface area contributed by atoms with Crippen molar-refractivity contribution in [3.63, 3.8) is 0 Å². The maximum atomic E-state index is 4.54. The van der Waals surface area contributed by atoms with Crippen LogP contribution in [-0.2, 0) is 0 Å². The van der Waals surface area contributed by atoms with E-state index in [-0.39, 0.29) is 0 Å². The molecule has 2 aromatic rings. The molecule has 0 radical (unpaired) electrons. The molecule has 108 valence electrons. The number of anilines is 1. The van der Waals surface area contributed by atoms with Crippen molar-refractivity contribution in [3.8, 4) is 0 Å². The molecule has 1 aliphatic heterocycles. The van der Waals surface area contributed by atoms with Crippen LogP contribution < -0.4 is 4.90 Å². The number of nitrogens with zero attached hydrogens (tertiary/aromatic N) is 2. The van der Waals surface area contributed by atoms with Crippen molar-refractivity contribution in [2.75, 3.05) is 18.0 Å². The van der Waals surface area contributed by atoms with E-state index in [2.05, 4.69) is 53.2 Å². The number of hydrogen-bond acceptors (Lipinski definition) is 2. The zero-order valence-corrected chi connectivity index (χ0v) is 12.6. The predicted molar refractivity (Wildman–Crippen MR) is 90.9 cm³/mol. The first-order valence-corrected chi connectivity index (χ1v) is 7.77. The lowest BCUT2D eigenvalue weighted by Crippen LogP contribution is -2.29. The number of rotatable bonds is 3. The first-order chi connectivity index (χ1) is 10.3. The largest absolute Gasteiger partial charge is 0.372 e. The molecule has 2 heteroatoms. The highest BCUT2D eigenvalue weighted by molar-refractivity contribution is 5.82. The number of piperidine rings is 1. The molecule has 2 nitrogen and oxygen atoms in total.